The molecule has 28 heavy (non-hydrogen) atoms. The monoisotopic (exact) mass is 377 g/mol. The van der Waals surface area contributed by atoms with Crippen molar-refractivity contribution in [2.45, 2.75) is 25.9 Å². The molecule has 1 aliphatic heterocycles. The van der Waals surface area contributed by atoms with E-state index in [1.165, 1.54) is 0 Å². The molecule has 0 aliphatic carbocycles. The van der Waals surface area contributed by atoms with E-state index in [1.54, 1.807) is 11.8 Å². The number of aromatic nitrogens is 2. The van der Waals surface area contributed by atoms with E-state index >= 15 is 0 Å². The summed E-state index contributed by atoms with van der Waals surface area (Å²) >= 11 is 0. The van der Waals surface area contributed by atoms with Gasteiger partial charge in [0.25, 0.3) is 5.91 Å². The first kappa shape index (κ1) is 18.3. The largest absolute Gasteiger partial charge is 0.496 e. The molecule has 6 nitrogen and oxygen atoms in total. The van der Waals surface area contributed by atoms with Gasteiger partial charge in [-0.25, -0.2) is 4.68 Å². The lowest BCUT2D eigenvalue weighted by Gasteiger charge is -2.12. The van der Waals surface area contributed by atoms with Crippen LogP contribution in [0, 0.1) is 6.92 Å². The standard InChI is InChI=1S/C22H23N3O3/c1-15-9-11-16(12-10-15)25-21(23-22(26)20-8-5-13-28-20)14-18(24-25)17-6-3-4-7-19(17)27-2/h3-4,6-7,9-12,14,20H,5,8,13H2,1-2H3,(H,23,26)/t20-/m0/s1. The molecule has 2 heterocycles. The number of nitrogens with zero attached hydrogens (tertiary/aromatic N) is 2. The highest BCUT2D eigenvalue weighted by Crippen LogP contribution is 2.32. The maximum absolute atomic E-state index is 12.6. The Morgan fingerprint density at radius 3 is 2.71 bits per heavy atom. The van der Waals surface area contributed by atoms with E-state index in [0.717, 1.165) is 41.1 Å². The first-order chi connectivity index (χ1) is 13.7. The molecule has 1 saturated heterocycles. The Morgan fingerprint density at radius 1 is 1.21 bits per heavy atom. The number of carbonyl (C=O) groups excluding carboxylic acids is 1. The summed E-state index contributed by atoms with van der Waals surface area (Å²) in [6.45, 7) is 2.66. The number of amides is 1. The Kier molecular flexibility index (Phi) is 5.12. The quantitative estimate of drug-likeness (QED) is 0.731. The van der Waals surface area contributed by atoms with Crippen LogP contribution in [0.1, 0.15) is 18.4 Å². The Balaban J connectivity index is 1.75. The maximum Gasteiger partial charge on any atom is 0.254 e. The van der Waals surface area contributed by atoms with Crippen molar-refractivity contribution in [3.8, 4) is 22.7 Å². The highest BCUT2D eigenvalue weighted by Gasteiger charge is 2.25. The van der Waals surface area contributed by atoms with Crippen LogP contribution in [0.15, 0.2) is 54.6 Å². The molecule has 2 aromatic carbocycles. The van der Waals surface area contributed by atoms with Crippen molar-refractivity contribution >= 4 is 11.7 Å². The minimum atomic E-state index is -0.406. The average Bonchev–Trinajstić information content (AvgIpc) is 3.39. The van der Waals surface area contributed by atoms with E-state index < -0.39 is 6.10 Å². The molecule has 6 heteroatoms. The van der Waals surface area contributed by atoms with Crippen molar-refractivity contribution < 1.29 is 14.3 Å². The zero-order valence-corrected chi connectivity index (χ0v) is 16.0. The summed E-state index contributed by atoms with van der Waals surface area (Å²) in [6.07, 6.45) is 1.24. The minimum absolute atomic E-state index is 0.141. The van der Waals surface area contributed by atoms with Gasteiger partial charge in [-0.2, -0.15) is 5.10 Å². The normalized spacial score (nSPS) is 16.1. The van der Waals surface area contributed by atoms with Crippen LogP contribution >= 0.6 is 0 Å². The second-order valence-electron chi connectivity index (χ2n) is 6.85. The Bertz CT molecular complexity index is 973. The lowest BCUT2D eigenvalue weighted by molar-refractivity contribution is -0.124. The molecule has 144 valence electrons. The minimum Gasteiger partial charge on any atom is -0.496 e. The van der Waals surface area contributed by atoms with Gasteiger partial charge >= 0.3 is 0 Å². The van der Waals surface area contributed by atoms with Gasteiger partial charge in [0.2, 0.25) is 0 Å². The summed E-state index contributed by atoms with van der Waals surface area (Å²) in [5.41, 5.74) is 3.62. The first-order valence-corrected chi connectivity index (χ1v) is 9.38. The highest BCUT2D eigenvalue weighted by molar-refractivity contribution is 5.94. The van der Waals surface area contributed by atoms with E-state index in [4.69, 9.17) is 14.6 Å². The lowest BCUT2D eigenvalue weighted by atomic mass is 10.1. The smallest absolute Gasteiger partial charge is 0.254 e. The third-order valence-electron chi connectivity index (χ3n) is 4.84. The topological polar surface area (TPSA) is 65.4 Å². The van der Waals surface area contributed by atoms with Crippen molar-refractivity contribution in [1.29, 1.82) is 0 Å². The van der Waals surface area contributed by atoms with Crippen LogP contribution in [-0.4, -0.2) is 35.5 Å². The molecule has 1 fully saturated rings. The Labute approximate surface area is 164 Å². The molecule has 3 aromatic rings. The second-order valence-corrected chi connectivity index (χ2v) is 6.85. The molecule has 1 amide bonds. The fourth-order valence-corrected chi connectivity index (χ4v) is 3.33. The summed E-state index contributed by atoms with van der Waals surface area (Å²) in [5, 5.41) is 7.74. The predicted molar refractivity (Wildman–Crippen MR) is 108 cm³/mol. The van der Waals surface area contributed by atoms with Crippen molar-refractivity contribution in [3.63, 3.8) is 0 Å². The van der Waals surface area contributed by atoms with Gasteiger partial charge in [-0.3, -0.25) is 4.79 Å². The molecule has 1 aliphatic rings. The molecule has 1 aromatic heterocycles. The van der Waals surface area contributed by atoms with Crippen molar-refractivity contribution in [3.05, 3.63) is 60.2 Å². The number of hydrogen-bond donors (Lipinski definition) is 1. The van der Waals surface area contributed by atoms with Gasteiger partial charge in [-0.05, 0) is 44.0 Å². The van der Waals surface area contributed by atoms with Gasteiger partial charge in [-0.1, -0.05) is 29.8 Å². The fourth-order valence-electron chi connectivity index (χ4n) is 3.33. The van der Waals surface area contributed by atoms with Crippen molar-refractivity contribution in [2.75, 3.05) is 19.0 Å². The number of anilines is 1. The van der Waals surface area contributed by atoms with Crippen LogP contribution in [0.2, 0.25) is 0 Å². The zero-order chi connectivity index (χ0) is 19.5. The van der Waals surface area contributed by atoms with E-state index in [1.807, 2.05) is 61.5 Å². The van der Waals surface area contributed by atoms with Crippen LogP contribution in [0.3, 0.4) is 0 Å². The van der Waals surface area contributed by atoms with Crippen molar-refractivity contribution in [1.82, 2.24) is 9.78 Å². The summed E-state index contributed by atoms with van der Waals surface area (Å²) in [6, 6.07) is 17.6. The molecule has 1 atom stereocenters. The third kappa shape index (κ3) is 3.64. The highest BCUT2D eigenvalue weighted by atomic mass is 16.5. The number of aryl methyl sites for hydroxylation is 1. The van der Waals surface area contributed by atoms with E-state index in [2.05, 4.69) is 5.32 Å². The molecule has 4 rings (SSSR count). The van der Waals surface area contributed by atoms with Crippen LogP contribution in [-0.2, 0) is 9.53 Å². The van der Waals surface area contributed by atoms with Crippen LogP contribution in [0.4, 0.5) is 5.82 Å². The molecule has 0 unspecified atom stereocenters. The number of hydrogen-bond acceptors (Lipinski definition) is 4. The lowest BCUT2D eigenvalue weighted by Crippen LogP contribution is -2.27. The molecular weight excluding hydrogens is 354 g/mol. The van der Waals surface area contributed by atoms with E-state index in [0.29, 0.717) is 12.4 Å². The number of rotatable bonds is 5. The van der Waals surface area contributed by atoms with Gasteiger partial charge in [-0.15, -0.1) is 0 Å². The van der Waals surface area contributed by atoms with Gasteiger partial charge in [0.05, 0.1) is 18.5 Å². The summed E-state index contributed by atoms with van der Waals surface area (Å²) in [4.78, 5) is 12.6. The second kappa shape index (κ2) is 7.86. The van der Waals surface area contributed by atoms with Gasteiger partial charge < -0.3 is 14.8 Å². The number of benzene rings is 2. The maximum atomic E-state index is 12.6. The van der Waals surface area contributed by atoms with Gasteiger partial charge in [0, 0.05) is 18.2 Å². The third-order valence-corrected chi connectivity index (χ3v) is 4.84. The Hall–Kier alpha value is -3.12. The zero-order valence-electron chi connectivity index (χ0n) is 16.0. The number of carbonyl (C=O) groups is 1. The predicted octanol–water partition coefficient (Wildman–Crippen LogP) is 3.97. The molecule has 0 saturated carbocycles. The number of para-hydroxylation sites is 1. The first-order valence-electron chi connectivity index (χ1n) is 9.38. The summed E-state index contributed by atoms with van der Waals surface area (Å²) < 4.78 is 12.7. The molecule has 0 spiro atoms. The Morgan fingerprint density at radius 2 is 2.00 bits per heavy atom. The molecule has 1 N–H and O–H groups in total. The SMILES string of the molecule is COc1ccccc1-c1cc(NC(=O)[C@@H]2CCCO2)n(-c2ccc(C)cc2)n1. The van der Waals surface area contributed by atoms with Gasteiger partial charge in [0.1, 0.15) is 17.7 Å². The average molecular weight is 377 g/mol. The van der Waals surface area contributed by atoms with Crippen LogP contribution in [0.25, 0.3) is 16.9 Å². The van der Waals surface area contributed by atoms with Crippen molar-refractivity contribution in [2.24, 2.45) is 0 Å². The van der Waals surface area contributed by atoms with Gasteiger partial charge in [0.15, 0.2) is 0 Å². The number of nitrogens with one attached hydrogen (secondary N) is 1. The van der Waals surface area contributed by atoms with Crippen LogP contribution in [0.5, 0.6) is 5.75 Å². The summed E-state index contributed by atoms with van der Waals surface area (Å²) in [5.74, 6) is 1.19. The summed E-state index contributed by atoms with van der Waals surface area (Å²) in [7, 11) is 1.63. The number of methoxy groups -OCH3 is 1. The number of ether oxygens (including phenoxy) is 2. The molecule has 0 bridgehead atoms. The molecule has 0 radical (unpaired) electrons. The van der Waals surface area contributed by atoms with Crippen LogP contribution < -0.4 is 10.1 Å². The molecular formula is C22H23N3O3. The van der Waals surface area contributed by atoms with E-state index in [-0.39, 0.29) is 5.91 Å². The van der Waals surface area contributed by atoms with E-state index in [9.17, 15) is 4.79 Å². The fraction of sp³-hybridized carbons (Fsp3) is 0.273.